The predicted molar refractivity (Wildman–Crippen MR) is 57.7 cm³/mol. The van der Waals surface area contributed by atoms with Gasteiger partial charge in [-0.05, 0) is 31.4 Å². The van der Waals surface area contributed by atoms with Crippen LogP contribution in [0.5, 0.6) is 0 Å². The minimum Gasteiger partial charge on any atom is -0.382 e. The summed E-state index contributed by atoms with van der Waals surface area (Å²) in [5.41, 5.74) is 1.21. The molecule has 2 aliphatic heterocycles. The second kappa shape index (κ2) is 3.15. The van der Waals surface area contributed by atoms with Crippen LogP contribution < -0.4 is 10.2 Å². The van der Waals surface area contributed by atoms with Gasteiger partial charge in [0, 0.05) is 25.3 Å². The second-order valence-electron chi connectivity index (χ2n) is 4.08. The lowest BCUT2D eigenvalue weighted by Crippen LogP contribution is -2.29. The van der Waals surface area contributed by atoms with Crippen molar-refractivity contribution in [3.8, 4) is 0 Å². The average Bonchev–Trinajstić information content (AvgIpc) is 2.61. The molecule has 14 heavy (non-hydrogen) atoms. The first kappa shape index (κ1) is 8.09. The van der Waals surface area contributed by atoms with Gasteiger partial charge in [0.25, 0.3) is 0 Å². The highest BCUT2D eigenvalue weighted by molar-refractivity contribution is 5.67. The van der Waals surface area contributed by atoms with Gasteiger partial charge in [0.1, 0.15) is 0 Å². The molecule has 3 rings (SSSR count). The first-order valence-electron chi connectivity index (χ1n) is 5.41. The molecule has 0 bridgehead atoms. The third-order valence-corrected chi connectivity index (χ3v) is 3.23. The van der Waals surface area contributed by atoms with E-state index in [1.165, 1.54) is 31.5 Å². The first-order chi connectivity index (χ1) is 6.95. The van der Waals surface area contributed by atoms with Crippen molar-refractivity contribution in [3.63, 3.8) is 0 Å². The zero-order valence-electron chi connectivity index (χ0n) is 8.24. The molecule has 1 saturated heterocycles. The number of anilines is 2. The highest BCUT2D eigenvalue weighted by Crippen LogP contribution is 2.33. The van der Waals surface area contributed by atoms with Crippen LogP contribution in [0, 0.1) is 0 Å². The maximum absolute atomic E-state index is 4.49. The van der Waals surface area contributed by atoms with E-state index in [9.17, 15) is 0 Å². The summed E-state index contributed by atoms with van der Waals surface area (Å²) in [7, 11) is 0. The fraction of sp³-hybridized carbons (Fsp3) is 0.545. The maximum atomic E-state index is 4.49. The Bertz CT molecular complexity index is 337. The summed E-state index contributed by atoms with van der Waals surface area (Å²) in [5.74, 6) is 1.16. The van der Waals surface area contributed by atoms with Gasteiger partial charge in [0.2, 0.25) is 0 Å². The predicted octanol–water partition coefficient (Wildman–Crippen LogP) is 1.87. The molecule has 1 atom stereocenters. The summed E-state index contributed by atoms with van der Waals surface area (Å²) in [6, 6.07) is 4.85. The molecule has 0 amide bonds. The quantitative estimate of drug-likeness (QED) is 0.675. The number of nitrogens with one attached hydrogen (secondary N) is 1. The fourth-order valence-corrected chi connectivity index (χ4v) is 2.55. The molecular weight excluding hydrogens is 174 g/mol. The molecule has 0 aromatic carbocycles. The van der Waals surface area contributed by atoms with Crippen LogP contribution in [0.4, 0.5) is 11.5 Å². The van der Waals surface area contributed by atoms with Crippen LogP contribution in [0.3, 0.4) is 0 Å². The minimum absolute atomic E-state index is 0.721. The smallest absolute Gasteiger partial charge is 0.152 e. The topological polar surface area (TPSA) is 28.2 Å². The Labute approximate surface area is 84.1 Å². The highest BCUT2D eigenvalue weighted by atomic mass is 15.3. The van der Waals surface area contributed by atoms with Crippen LogP contribution >= 0.6 is 0 Å². The molecule has 3 nitrogen and oxygen atoms in total. The molecule has 3 heteroatoms. The third-order valence-electron chi connectivity index (χ3n) is 3.23. The van der Waals surface area contributed by atoms with Gasteiger partial charge in [-0.25, -0.2) is 4.98 Å². The molecule has 0 radical (unpaired) electrons. The number of rotatable bonds is 0. The average molecular weight is 189 g/mol. The molecule has 1 fully saturated rings. The standard InChI is InChI=1S/C11H15N3/c1-4-10-11(13-6-1)14-8-2-3-9(14)5-7-12-10/h1,4,6,9,12H,2-3,5,7-8H2. The van der Waals surface area contributed by atoms with Crippen molar-refractivity contribution in [2.45, 2.75) is 25.3 Å². The molecule has 0 saturated carbocycles. The zero-order chi connectivity index (χ0) is 9.38. The van der Waals surface area contributed by atoms with Crippen molar-refractivity contribution >= 4 is 11.5 Å². The Balaban J connectivity index is 2.04. The fourth-order valence-electron chi connectivity index (χ4n) is 2.55. The van der Waals surface area contributed by atoms with E-state index in [1.54, 1.807) is 0 Å². The van der Waals surface area contributed by atoms with Crippen molar-refractivity contribution in [2.75, 3.05) is 23.3 Å². The van der Waals surface area contributed by atoms with Crippen molar-refractivity contribution in [1.82, 2.24) is 4.98 Å². The Morgan fingerprint density at radius 3 is 3.43 bits per heavy atom. The highest BCUT2D eigenvalue weighted by Gasteiger charge is 2.28. The van der Waals surface area contributed by atoms with Crippen LogP contribution in [-0.4, -0.2) is 24.1 Å². The van der Waals surface area contributed by atoms with E-state index in [4.69, 9.17) is 0 Å². The summed E-state index contributed by atoms with van der Waals surface area (Å²) < 4.78 is 0. The van der Waals surface area contributed by atoms with E-state index < -0.39 is 0 Å². The number of hydrogen-bond donors (Lipinski definition) is 1. The molecular formula is C11H15N3. The Morgan fingerprint density at radius 2 is 2.43 bits per heavy atom. The van der Waals surface area contributed by atoms with E-state index in [1.807, 2.05) is 12.3 Å². The molecule has 0 aliphatic carbocycles. The zero-order valence-corrected chi connectivity index (χ0v) is 8.24. The first-order valence-corrected chi connectivity index (χ1v) is 5.41. The Kier molecular flexibility index (Phi) is 1.82. The van der Waals surface area contributed by atoms with Crippen molar-refractivity contribution in [2.24, 2.45) is 0 Å². The van der Waals surface area contributed by atoms with E-state index >= 15 is 0 Å². The lowest BCUT2D eigenvalue weighted by Gasteiger charge is -2.23. The maximum Gasteiger partial charge on any atom is 0.152 e. The van der Waals surface area contributed by atoms with Crippen LogP contribution in [0.1, 0.15) is 19.3 Å². The van der Waals surface area contributed by atoms with Crippen LogP contribution in [0.15, 0.2) is 18.3 Å². The van der Waals surface area contributed by atoms with E-state index in [0.717, 1.165) is 18.4 Å². The van der Waals surface area contributed by atoms with Gasteiger partial charge in [0.05, 0.1) is 5.69 Å². The molecule has 1 aromatic rings. The molecule has 1 N–H and O–H groups in total. The SMILES string of the molecule is c1cnc2c(c1)NCCC1CCCN21. The number of aromatic nitrogens is 1. The summed E-state index contributed by atoms with van der Waals surface area (Å²) in [6.45, 7) is 2.26. The molecule has 1 unspecified atom stereocenters. The largest absolute Gasteiger partial charge is 0.382 e. The number of pyridine rings is 1. The summed E-state index contributed by atoms with van der Waals surface area (Å²) >= 11 is 0. The lowest BCUT2D eigenvalue weighted by atomic mass is 10.1. The third kappa shape index (κ3) is 1.15. The molecule has 74 valence electrons. The van der Waals surface area contributed by atoms with Crippen LogP contribution in [0.2, 0.25) is 0 Å². The van der Waals surface area contributed by atoms with E-state index in [2.05, 4.69) is 21.3 Å². The van der Waals surface area contributed by atoms with Crippen LogP contribution in [0.25, 0.3) is 0 Å². The molecule has 0 spiro atoms. The summed E-state index contributed by atoms with van der Waals surface area (Å²) in [5, 5.41) is 3.45. The van der Waals surface area contributed by atoms with E-state index in [-0.39, 0.29) is 0 Å². The minimum atomic E-state index is 0.721. The van der Waals surface area contributed by atoms with Crippen LogP contribution in [-0.2, 0) is 0 Å². The normalized spacial score (nSPS) is 24.9. The number of fused-ring (bicyclic) bond motifs is 3. The van der Waals surface area contributed by atoms with Gasteiger partial charge in [-0.1, -0.05) is 0 Å². The van der Waals surface area contributed by atoms with Crippen molar-refractivity contribution in [1.29, 1.82) is 0 Å². The molecule has 1 aromatic heterocycles. The van der Waals surface area contributed by atoms with E-state index in [0.29, 0.717) is 0 Å². The number of hydrogen-bond acceptors (Lipinski definition) is 3. The van der Waals surface area contributed by atoms with Gasteiger partial charge in [-0.2, -0.15) is 0 Å². The molecule has 2 aliphatic rings. The summed E-state index contributed by atoms with van der Waals surface area (Å²) in [4.78, 5) is 6.95. The van der Waals surface area contributed by atoms with Gasteiger partial charge in [-0.15, -0.1) is 0 Å². The van der Waals surface area contributed by atoms with Gasteiger partial charge in [-0.3, -0.25) is 0 Å². The monoisotopic (exact) mass is 189 g/mol. The Hall–Kier alpha value is -1.25. The van der Waals surface area contributed by atoms with Gasteiger partial charge >= 0.3 is 0 Å². The summed E-state index contributed by atoms with van der Waals surface area (Å²) in [6.07, 6.45) is 5.79. The second-order valence-corrected chi connectivity index (χ2v) is 4.08. The van der Waals surface area contributed by atoms with Crippen molar-refractivity contribution < 1.29 is 0 Å². The van der Waals surface area contributed by atoms with Gasteiger partial charge in [0.15, 0.2) is 5.82 Å². The Morgan fingerprint density at radius 1 is 1.43 bits per heavy atom. The lowest BCUT2D eigenvalue weighted by molar-refractivity contribution is 0.635. The number of nitrogens with zero attached hydrogens (tertiary/aromatic N) is 2. The van der Waals surface area contributed by atoms with Gasteiger partial charge < -0.3 is 10.2 Å². The molecule has 3 heterocycles. The van der Waals surface area contributed by atoms with Crippen molar-refractivity contribution in [3.05, 3.63) is 18.3 Å².